The lowest BCUT2D eigenvalue weighted by Crippen LogP contribution is -2.41. The summed E-state index contributed by atoms with van der Waals surface area (Å²) < 4.78 is 54.2. The number of rotatable bonds is 6. The minimum atomic E-state index is -4.95. The first-order valence-electron chi connectivity index (χ1n) is 10.7. The van der Waals surface area contributed by atoms with Gasteiger partial charge in [0.1, 0.15) is 5.75 Å². The molecule has 2 aromatic heterocycles. The van der Waals surface area contributed by atoms with E-state index in [4.69, 9.17) is 9.47 Å². The van der Waals surface area contributed by atoms with Crippen LogP contribution in [-0.4, -0.2) is 53.7 Å². The predicted octanol–water partition coefficient (Wildman–Crippen LogP) is 3.25. The Morgan fingerprint density at radius 1 is 1.11 bits per heavy atom. The lowest BCUT2D eigenvalue weighted by atomic mass is 10.0. The lowest BCUT2D eigenvalue weighted by Gasteiger charge is -2.32. The number of carbonyl (C=O) groups is 2. The number of hydrogen-bond acceptors (Lipinski definition) is 7. The van der Waals surface area contributed by atoms with Crippen LogP contribution in [0.1, 0.15) is 38.9 Å². The van der Waals surface area contributed by atoms with Crippen molar-refractivity contribution in [2.45, 2.75) is 18.8 Å². The molecule has 0 saturated heterocycles. The molecule has 4 rings (SSSR count). The zero-order valence-corrected chi connectivity index (χ0v) is 19.5. The summed E-state index contributed by atoms with van der Waals surface area (Å²) in [4.78, 5) is 31.8. The first kappa shape index (κ1) is 24.8. The van der Waals surface area contributed by atoms with E-state index in [2.05, 4.69) is 20.1 Å². The molecule has 0 bridgehead atoms. The van der Waals surface area contributed by atoms with E-state index in [9.17, 15) is 22.8 Å². The number of pyridine rings is 1. The summed E-state index contributed by atoms with van der Waals surface area (Å²) in [5, 5.41) is 6.96. The molecule has 1 aliphatic rings. The Labute approximate surface area is 203 Å². The average molecular weight is 505 g/mol. The Morgan fingerprint density at radius 3 is 2.56 bits per heavy atom. The fraction of sp³-hybridized carbons (Fsp3) is 0.304. The van der Waals surface area contributed by atoms with E-state index >= 15 is 0 Å². The number of anilines is 1. The summed E-state index contributed by atoms with van der Waals surface area (Å²) in [7, 11) is 4.50. The largest absolute Gasteiger partial charge is 0.573 e. The fourth-order valence-corrected chi connectivity index (χ4v) is 4.02. The first-order chi connectivity index (χ1) is 17.1. The number of amides is 2. The number of nitrogens with zero attached hydrogens (tertiary/aromatic N) is 4. The second-order valence-corrected chi connectivity index (χ2v) is 7.79. The number of carbonyl (C=O) groups excluding carboxylic acids is 2. The van der Waals surface area contributed by atoms with E-state index in [-0.39, 0.29) is 41.6 Å². The highest BCUT2D eigenvalue weighted by Gasteiger charge is 2.36. The van der Waals surface area contributed by atoms with Gasteiger partial charge in [0.25, 0.3) is 17.7 Å². The molecule has 36 heavy (non-hydrogen) atoms. The van der Waals surface area contributed by atoms with Crippen LogP contribution < -0.4 is 24.4 Å². The number of methoxy groups -OCH3 is 2. The number of para-hydroxylation sites is 1. The molecule has 1 atom stereocenters. The van der Waals surface area contributed by atoms with Crippen LogP contribution in [0.15, 0.2) is 42.7 Å². The van der Waals surface area contributed by atoms with Crippen LogP contribution in [-0.2, 0) is 7.05 Å². The molecule has 0 fully saturated rings. The monoisotopic (exact) mass is 505 g/mol. The molecule has 10 nitrogen and oxygen atoms in total. The van der Waals surface area contributed by atoms with Crippen molar-refractivity contribution in [3.05, 3.63) is 59.5 Å². The topological polar surface area (TPSA) is 108 Å². The Morgan fingerprint density at radius 2 is 1.86 bits per heavy atom. The molecule has 3 heterocycles. The Kier molecular flexibility index (Phi) is 6.73. The third-order valence-corrected chi connectivity index (χ3v) is 5.61. The molecule has 190 valence electrons. The number of hydrogen-bond donors (Lipinski definition) is 1. The summed E-state index contributed by atoms with van der Waals surface area (Å²) in [6, 6.07) is 5.97. The Bertz CT molecular complexity index is 1290. The van der Waals surface area contributed by atoms with Gasteiger partial charge in [-0.2, -0.15) is 5.10 Å². The van der Waals surface area contributed by atoms with E-state index in [0.717, 1.165) is 6.07 Å². The van der Waals surface area contributed by atoms with Crippen LogP contribution >= 0.6 is 0 Å². The Balaban J connectivity index is 1.59. The lowest BCUT2D eigenvalue weighted by molar-refractivity contribution is -0.274. The number of ether oxygens (including phenoxy) is 3. The summed E-state index contributed by atoms with van der Waals surface area (Å²) in [6.07, 6.45) is -1.81. The maximum Gasteiger partial charge on any atom is 0.573 e. The molecule has 1 aliphatic heterocycles. The van der Waals surface area contributed by atoms with E-state index in [1.807, 2.05) is 0 Å². The number of nitrogens with one attached hydrogen (secondary N) is 1. The quantitative estimate of drug-likeness (QED) is 0.548. The Hall–Kier alpha value is -4.29. The minimum Gasteiger partial charge on any atom is -0.491 e. The molecule has 0 radical (unpaired) electrons. The summed E-state index contributed by atoms with van der Waals surface area (Å²) in [6.45, 7) is 0.206. The van der Waals surface area contributed by atoms with Gasteiger partial charge in [-0.1, -0.05) is 12.1 Å². The first-order valence-corrected chi connectivity index (χ1v) is 10.7. The van der Waals surface area contributed by atoms with Gasteiger partial charge in [0.15, 0.2) is 5.75 Å². The third-order valence-electron chi connectivity index (χ3n) is 5.61. The third kappa shape index (κ3) is 4.90. The van der Waals surface area contributed by atoms with Gasteiger partial charge in [0.2, 0.25) is 0 Å². The van der Waals surface area contributed by atoms with Crippen molar-refractivity contribution < 1.29 is 37.0 Å². The van der Waals surface area contributed by atoms with Crippen LogP contribution in [0.4, 0.5) is 18.9 Å². The zero-order chi connectivity index (χ0) is 26.0. The zero-order valence-electron chi connectivity index (χ0n) is 19.5. The summed E-state index contributed by atoms with van der Waals surface area (Å²) in [5.41, 5.74) is 0.955. The highest BCUT2D eigenvalue weighted by molar-refractivity contribution is 6.07. The normalized spacial score (nSPS) is 15.2. The molecule has 3 aromatic rings. The van der Waals surface area contributed by atoms with Gasteiger partial charge < -0.3 is 24.4 Å². The second-order valence-electron chi connectivity index (χ2n) is 7.79. The number of aryl methyl sites for hydroxylation is 1. The van der Waals surface area contributed by atoms with E-state index in [1.165, 1.54) is 60.5 Å². The van der Waals surface area contributed by atoms with E-state index in [0.29, 0.717) is 11.4 Å². The fourth-order valence-electron chi connectivity index (χ4n) is 4.02. The summed E-state index contributed by atoms with van der Waals surface area (Å²) >= 11 is 0. The molecule has 13 heteroatoms. The molecular weight excluding hydrogens is 483 g/mol. The predicted molar refractivity (Wildman–Crippen MR) is 120 cm³/mol. The van der Waals surface area contributed by atoms with Crippen molar-refractivity contribution in [3.63, 3.8) is 0 Å². The highest BCUT2D eigenvalue weighted by atomic mass is 19.4. The van der Waals surface area contributed by atoms with Crippen LogP contribution in [0.3, 0.4) is 0 Å². The number of alkyl halides is 3. The number of aromatic nitrogens is 3. The number of fused-ring (bicyclic) bond motifs is 1. The van der Waals surface area contributed by atoms with Gasteiger partial charge in [0, 0.05) is 25.9 Å². The molecule has 1 unspecified atom stereocenters. The molecule has 0 spiro atoms. The number of halogens is 3. The van der Waals surface area contributed by atoms with Gasteiger partial charge >= 0.3 is 6.36 Å². The molecular formula is C23H22F3N5O5. The van der Waals surface area contributed by atoms with Gasteiger partial charge in [0.05, 0.1) is 49.0 Å². The molecule has 1 N–H and O–H groups in total. The van der Waals surface area contributed by atoms with Gasteiger partial charge in [-0.3, -0.25) is 14.3 Å². The number of benzene rings is 1. The molecule has 0 saturated carbocycles. The SMILES string of the molecule is COc1cc(C(=O)N2CCC(NC(=O)c3ccccc3OC(F)(F)F)c3c2cnn3C)cnc1OC. The van der Waals surface area contributed by atoms with Crippen molar-refractivity contribution in [2.24, 2.45) is 7.05 Å². The van der Waals surface area contributed by atoms with Crippen molar-refractivity contribution in [2.75, 3.05) is 25.7 Å². The minimum absolute atomic E-state index is 0.206. The van der Waals surface area contributed by atoms with Crippen LogP contribution in [0.5, 0.6) is 17.4 Å². The van der Waals surface area contributed by atoms with E-state index < -0.39 is 24.1 Å². The maximum atomic E-state index is 13.3. The van der Waals surface area contributed by atoms with Gasteiger partial charge in [-0.15, -0.1) is 13.2 Å². The highest BCUT2D eigenvalue weighted by Crippen LogP contribution is 2.36. The summed E-state index contributed by atoms with van der Waals surface area (Å²) in [5.74, 6) is -1.22. The van der Waals surface area contributed by atoms with Crippen molar-refractivity contribution >= 4 is 17.5 Å². The van der Waals surface area contributed by atoms with E-state index in [1.54, 1.807) is 7.05 Å². The maximum absolute atomic E-state index is 13.3. The smallest absolute Gasteiger partial charge is 0.491 e. The van der Waals surface area contributed by atoms with Crippen molar-refractivity contribution in [1.29, 1.82) is 0 Å². The second kappa shape index (κ2) is 9.76. The van der Waals surface area contributed by atoms with Crippen LogP contribution in [0, 0.1) is 0 Å². The molecule has 2 amide bonds. The average Bonchev–Trinajstić information content (AvgIpc) is 3.24. The molecule has 1 aromatic carbocycles. The van der Waals surface area contributed by atoms with Gasteiger partial charge in [-0.05, 0) is 18.6 Å². The van der Waals surface area contributed by atoms with Gasteiger partial charge in [-0.25, -0.2) is 4.98 Å². The van der Waals surface area contributed by atoms with Crippen LogP contribution in [0.25, 0.3) is 0 Å². The standard InChI is InChI=1S/C23H22F3N5O5/c1-30-19-15(29-20(32)14-6-4-5-7-17(14)36-23(24,25)26)8-9-31(16(19)12-28-30)22(33)13-10-18(34-2)21(35-3)27-11-13/h4-7,10-12,15H,8-9H2,1-3H3,(H,29,32). The van der Waals surface area contributed by atoms with Crippen molar-refractivity contribution in [3.8, 4) is 17.4 Å². The van der Waals surface area contributed by atoms with Crippen LogP contribution in [0.2, 0.25) is 0 Å². The molecule has 0 aliphatic carbocycles. The van der Waals surface area contributed by atoms with Crippen molar-refractivity contribution in [1.82, 2.24) is 20.1 Å².